The lowest BCUT2D eigenvalue weighted by molar-refractivity contribution is -0.384. The number of hydrogen-bond acceptors (Lipinski definition) is 9. The molecule has 2 fully saturated rings. The second-order valence-electron chi connectivity index (χ2n) is 9.87. The topological polar surface area (TPSA) is 136 Å². The molecule has 0 spiro atoms. The molecule has 0 aromatic heterocycles. The Morgan fingerprint density at radius 1 is 0.833 bits per heavy atom. The van der Waals surface area contributed by atoms with Gasteiger partial charge in [-0.1, -0.05) is 54.1 Å². The SMILES string of the molecule is Cc1ccc(N2C(=O)[C@@H]3[C@H](ON(c4cccc([N+](=O)[O-])c4)[C@@H]3c3ccc(OS(=O)(=O)c4ccccc4)cc3)C2=O)cc1. The maximum atomic E-state index is 13.8. The van der Waals surface area contributed by atoms with Gasteiger partial charge in [0.1, 0.15) is 16.6 Å². The number of amides is 2. The van der Waals surface area contributed by atoms with Gasteiger partial charge in [0.2, 0.25) is 5.91 Å². The molecule has 0 bridgehead atoms. The van der Waals surface area contributed by atoms with E-state index in [-0.39, 0.29) is 22.0 Å². The summed E-state index contributed by atoms with van der Waals surface area (Å²) in [5.74, 6) is -1.99. The van der Waals surface area contributed by atoms with Crippen molar-refractivity contribution in [2.75, 3.05) is 9.96 Å². The molecule has 2 aliphatic heterocycles. The van der Waals surface area contributed by atoms with Crippen LogP contribution < -0.4 is 14.1 Å². The van der Waals surface area contributed by atoms with Crippen molar-refractivity contribution in [2.45, 2.75) is 24.0 Å². The molecule has 42 heavy (non-hydrogen) atoms. The average Bonchev–Trinajstić information content (AvgIpc) is 3.50. The third kappa shape index (κ3) is 4.76. The summed E-state index contributed by atoms with van der Waals surface area (Å²) in [6, 6.07) is 25.5. The molecule has 3 atom stereocenters. The summed E-state index contributed by atoms with van der Waals surface area (Å²) >= 11 is 0. The van der Waals surface area contributed by atoms with Crippen molar-refractivity contribution < 1.29 is 32.0 Å². The lowest BCUT2D eigenvalue weighted by Gasteiger charge is -2.28. The number of carbonyl (C=O) groups excluding carboxylic acids is 2. The minimum Gasteiger partial charge on any atom is -0.379 e. The van der Waals surface area contributed by atoms with Crippen molar-refractivity contribution in [3.05, 3.63) is 124 Å². The van der Waals surface area contributed by atoms with Crippen LogP contribution in [0.5, 0.6) is 5.75 Å². The lowest BCUT2D eigenvalue weighted by atomic mass is 9.90. The molecule has 212 valence electrons. The van der Waals surface area contributed by atoms with Crippen LogP contribution in [0.4, 0.5) is 17.1 Å². The predicted octanol–water partition coefficient (Wildman–Crippen LogP) is 4.72. The van der Waals surface area contributed by atoms with Crippen LogP contribution in [0.2, 0.25) is 0 Å². The van der Waals surface area contributed by atoms with Crippen molar-refractivity contribution in [1.29, 1.82) is 0 Å². The maximum Gasteiger partial charge on any atom is 0.339 e. The van der Waals surface area contributed by atoms with E-state index in [0.29, 0.717) is 11.3 Å². The minimum atomic E-state index is -4.09. The van der Waals surface area contributed by atoms with Gasteiger partial charge in [-0.15, -0.1) is 0 Å². The first-order valence-electron chi connectivity index (χ1n) is 12.9. The minimum absolute atomic E-state index is 0.00998. The van der Waals surface area contributed by atoms with Crippen molar-refractivity contribution in [3.8, 4) is 5.75 Å². The zero-order chi connectivity index (χ0) is 29.6. The molecule has 4 aromatic carbocycles. The van der Waals surface area contributed by atoms with Crippen molar-refractivity contribution in [3.63, 3.8) is 0 Å². The van der Waals surface area contributed by atoms with Gasteiger partial charge in [-0.05, 0) is 55.0 Å². The van der Waals surface area contributed by atoms with Gasteiger partial charge in [0, 0.05) is 12.1 Å². The smallest absolute Gasteiger partial charge is 0.339 e. The fraction of sp³-hybridized carbons (Fsp3) is 0.133. The quantitative estimate of drug-likeness (QED) is 0.131. The molecule has 0 saturated carbocycles. The van der Waals surface area contributed by atoms with Crippen LogP contribution in [0.25, 0.3) is 0 Å². The number of imide groups is 1. The molecule has 2 aliphatic rings. The molecular weight excluding hydrogens is 562 g/mol. The van der Waals surface area contributed by atoms with Crippen LogP contribution in [0.1, 0.15) is 17.2 Å². The van der Waals surface area contributed by atoms with Crippen LogP contribution in [-0.4, -0.2) is 31.3 Å². The number of non-ortho nitro benzene ring substituents is 1. The zero-order valence-electron chi connectivity index (χ0n) is 22.1. The molecule has 0 N–H and O–H groups in total. The standard InChI is InChI=1S/C30H23N3O8S/c1-19-10-14-21(15-11-19)31-29(34)26-27(32(40-28(26)30(31)35)22-6-5-7-23(18-22)33(36)37)20-12-16-24(17-13-20)41-42(38,39)25-8-3-2-4-9-25/h2-18,26-28H,1H3/t26-,27+,28-/m0/s1. The second-order valence-corrected chi connectivity index (χ2v) is 11.4. The van der Waals surface area contributed by atoms with Gasteiger partial charge in [-0.3, -0.25) is 24.5 Å². The fourth-order valence-corrected chi connectivity index (χ4v) is 6.10. The molecule has 0 aliphatic carbocycles. The number of hydroxylamine groups is 1. The summed E-state index contributed by atoms with van der Waals surface area (Å²) in [6.45, 7) is 1.89. The highest BCUT2D eigenvalue weighted by Gasteiger charge is 2.60. The number of nitrogens with zero attached hydrogens (tertiary/aromatic N) is 3. The number of hydrogen-bond donors (Lipinski definition) is 0. The number of carbonyl (C=O) groups is 2. The maximum absolute atomic E-state index is 13.8. The summed E-state index contributed by atoms with van der Waals surface area (Å²) in [5.41, 5.74) is 1.95. The van der Waals surface area contributed by atoms with Gasteiger partial charge in [0.25, 0.3) is 11.6 Å². The van der Waals surface area contributed by atoms with E-state index in [1.165, 1.54) is 47.5 Å². The Bertz CT molecular complexity index is 1790. The Morgan fingerprint density at radius 3 is 2.19 bits per heavy atom. The molecule has 4 aromatic rings. The van der Waals surface area contributed by atoms with E-state index in [0.717, 1.165) is 10.5 Å². The van der Waals surface area contributed by atoms with E-state index in [9.17, 15) is 28.1 Å². The average molecular weight is 586 g/mol. The van der Waals surface area contributed by atoms with E-state index in [4.69, 9.17) is 9.02 Å². The highest BCUT2D eigenvalue weighted by Crippen LogP contribution is 2.48. The largest absolute Gasteiger partial charge is 0.379 e. The fourth-order valence-electron chi connectivity index (χ4n) is 5.15. The van der Waals surface area contributed by atoms with Gasteiger partial charge >= 0.3 is 10.1 Å². The van der Waals surface area contributed by atoms with Crippen LogP contribution in [0, 0.1) is 23.0 Å². The van der Waals surface area contributed by atoms with Gasteiger partial charge < -0.3 is 4.18 Å². The first-order valence-corrected chi connectivity index (χ1v) is 14.3. The van der Waals surface area contributed by atoms with Crippen LogP contribution in [0.3, 0.4) is 0 Å². The number of anilines is 2. The van der Waals surface area contributed by atoms with Crippen LogP contribution in [-0.2, 0) is 24.5 Å². The van der Waals surface area contributed by atoms with Gasteiger partial charge in [-0.25, -0.2) is 9.96 Å². The highest BCUT2D eigenvalue weighted by molar-refractivity contribution is 7.87. The molecule has 2 amide bonds. The zero-order valence-corrected chi connectivity index (χ0v) is 22.9. The van der Waals surface area contributed by atoms with Crippen molar-refractivity contribution in [2.24, 2.45) is 5.92 Å². The van der Waals surface area contributed by atoms with E-state index < -0.39 is 44.9 Å². The molecular formula is C30H23N3O8S. The Balaban J connectivity index is 1.37. The summed E-state index contributed by atoms with van der Waals surface area (Å²) in [5, 5.41) is 12.8. The molecule has 6 rings (SSSR count). The monoisotopic (exact) mass is 585 g/mol. The number of aryl methyl sites for hydroxylation is 1. The Morgan fingerprint density at radius 2 is 1.52 bits per heavy atom. The number of benzene rings is 4. The summed E-state index contributed by atoms with van der Waals surface area (Å²) < 4.78 is 30.7. The van der Waals surface area contributed by atoms with E-state index in [1.807, 2.05) is 6.92 Å². The van der Waals surface area contributed by atoms with E-state index >= 15 is 0 Å². The Kier molecular flexibility index (Phi) is 6.71. The second kappa shape index (κ2) is 10.4. The first kappa shape index (κ1) is 27.1. The Labute approximate surface area is 240 Å². The van der Waals surface area contributed by atoms with E-state index in [1.54, 1.807) is 60.7 Å². The summed E-state index contributed by atoms with van der Waals surface area (Å²) in [6.07, 6.45) is -1.18. The normalized spacial score (nSPS) is 20.1. The molecule has 0 unspecified atom stereocenters. The van der Waals surface area contributed by atoms with Gasteiger partial charge in [0.05, 0.1) is 22.3 Å². The molecule has 2 saturated heterocycles. The molecule has 12 heteroatoms. The van der Waals surface area contributed by atoms with E-state index in [2.05, 4.69) is 0 Å². The molecule has 0 radical (unpaired) electrons. The third-order valence-corrected chi connectivity index (χ3v) is 8.42. The number of nitro benzene ring substituents is 1. The van der Waals surface area contributed by atoms with Crippen LogP contribution >= 0.6 is 0 Å². The van der Waals surface area contributed by atoms with Crippen LogP contribution in [0.15, 0.2) is 108 Å². The highest BCUT2D eigenvalue weighted by atomic mass is 32.2. The summed E-state index contributed by atoms with van der Waals surface area (Å²) in [7, 11) is -4.09. The first-order chi connectivity index (χ1) is 20.1. The lowest BCUT2D eigenvalue weighted by Crippen LogP contribution is -2.37. The van der Waals surface area contributed by atoms with Gasteiger partial charge in [-0.2, -0.15) is 8.42 Å². The Hall–Kier alpha value is -5.07. The number of rotatable bonds is 7. The number of nitro groups is 1. The van der Waals surface area contributed by atoms with Crippen molar-refractivity contribution in [1.82, 2.24) is 0 Å². The molecule has 2 heterocycles. The number of fused-ring (bicyclic) bond motifs is 1. The summed E-state index contributed by atoms with van der Waals surface area (Å²) in [4.78, 5) is 45.4. The van der Waals surface area contributed by atoms with Gasteiger partial charge in [0.15, 0.2) is 6.10 Å². The predicted molar refractivity (Wildman–Crippen MR) is 151 cm³/mol. The third-order valence-electron chi connectivity index (χ3n) is 7.16. The van der Waals surface area contributed by atoms with Crippen molar-refractivity contribution >= 4 is 39.0 Å². The molecule has 11 nitrogen and oxygen atoms in total.